The molecule has 0 aliphatic carbocycles. The molecule has 0 aromatic heterocycles. The lowest BCUT2D eigenvalue weighted by molar-refractivity contribution is -0.384. The van der Waals surface area contributed by atoms with Crippen molar-refractivity contribution in [3.8, 4) is 0 Å². The third kappa shape index (κ3) is 3.73. The minimum Gasteiger partial charge on any atom is -0.377 e. The maximum absolute atomic E-state index is 10.9. The molecule has 5 heteroatoms. The van der Waals surface area contributed by atoms with E-state index < -0.39 is 4.92 Å². The molecule has 2 rings (SSSR count). The summed E-state index contributed by atoms with van der Waals surface area (Å²) in [5, 5.41) is 14.7. The zero-order valence-electron chi connectivity index (χ0n) is 11.9. The highest BCUT2D eigenvalue weighted by Crippen LogP contribution is 2.32. The first-order valence-corrected chi connectivity index (χ1v) is 7.12. The second-order valence-electron chi connectivity index (χ2n) is 5.20. The van der Waals surface area contributed by atoms with E-state index in [1.807, 2.05) is 30.3 Å². The lowest BCUT2D eigenvalue weighted by atomic mass is 9.96. The van der Waals surface area contributed by atoms with Crippen LogP contribution in [0.4, 0.5) is 11.4 Å². The van der Waals surface area contributed by atoms with E-state index in [1.165, 1.54) is 12.1 Å². The quantitative estimate of drug-likeness (QED) is 0.620. The van der Waals surface area contributed by atoms with Gasteiger partial charge in [-0.25, -0.2) is 0 Å². The van der Waals surface area contributed by atoms with Gasteiger partial charge in [-0.1, -0.05) is 55.8 Å². The number of anilines is 1. The molecule has 0 fully saturated rings. The molecular formula is C16H17ClN2O2. The number of nitro groups is 1. The summed E-state index contributed by atoms with van der Waals surface area (Å²) in [6.45, 7) is 4.19. The summed E-state index contributed by atoms with van der Waals surface area (Å²) in [6, 6.07) is 14.4. The molecule has 0 heterocycles. The highest BCUT2D eigenvalue weighted by Gasteiger charge is 2.18. The van der Waals surface area contributed by atoms with Crippen LogP contribution in [0.5, 0.6) is 0 Å². The lowest BCUT2D eigenvalue weighted by Gasteiger charge is -2.24. The molecule has 1 N–H and O–H groups in total. The number of nitrogens with zero attached hydrogens (tertiary/aromatic N) is 1. The standard InChI is InChI=1S/C16H17ClN2O2/c1-11(2)16(12-6-4-3-5-7-12)18-15-10-13(19(20)21)8-9-14(15)17/h3-11,16,18H,1-2H3. The van der Waals surface area contributed by atoms with Crippen LogP contribution in [-0.2, 0) is 0 Å². The van der Waals surface area contributed by atoms with Crippen molar-refractivity contribution in [3.05, 3.63) is 69.2 Å². The topological polar surface area (TPSA) is 55.2 Å². The van der Waals surface area contributed by atoms with Crippen molar-refractivity contribution in [2.45, 2.75) is 19.9 Å². The number of hydrogen-bond donors (Lipinski definition) is 1. The predicted molar refractivity (Wildman–Crippen MR) is 85.8 cm³/mol. The van der Waals surface area contributed by atoms with Gasteiger partial charge >= 0.3 is 0 Å². The molecule has 2 aromatic rings. The Morgan fingerprint density at radius 2 is 1.81 bits per heavy atom. The van der Waals surface area contributed by atoms with Gasteiger partial charge in [-0.3, -0.25) is 10.1 Å². The van der Waals surface area contributed by atoms with Crippen molar-refractivity contribution in [2.24, 2.45) is 5.92 Å². The molecule has 0 saturated heterocycles. The van der Waals surface area contributed by atoms with E-state index >= 15 is 0 Å². The van der Waals surface area contributed by atoms with E-state index in [0.717, 1.165) is 5.56 Å². The second-order valence-corrected chi connectivity index (χ2v) is 5.61. The van der Waals surface area contributed by atoms with Crippen LogP contribution in [0.3, 0.4) is 0 Å². The molecular weight excluding hydrogens is 288 g/mol. The first-order valence-electron chi connectivity index (χ1n) is 6.74. The van der Waals surface area contributed by atoms with Crippen molar-refractivity contribution in [1.29, 1.82) is 0 Å². The highest BCUT2D eigenvalue weighted by molar-refractivity contribution is 6.33. The number of non-ortho nitro benzene ring substituents is 1. The van der Waals surface area contributed by atoms with E-state index in [1.54, 1.807) is 6.07 Å². The van der Waals surface area contributed by atoms with Gasteiger partial charge in [0.1, 0.15) is 0 Å². The number of rotatable bonds is 5. The minimum absolute atomic E-state index is 0.0254. The SMILES string of the molecule is CC(C)C(Nc1cc([N+](=O)[O-])ccc1Cl)c1ccccc1. The van der Waals surface area contributed by atoms with Gasteiger partial charge < -0.3 is 5.32 Å². The summed E-state index contributed by atoms with van der Waals surface area (Å²) in [6.07, 6.45) is 0. The van der Waals surface area contributed by atoms with Crippen LogP contribution in [0, 0.1) is 16.0 Å². The van der Waals surface area contributed by atoms with Crippen LogP contribution in [0.2, 0.25) is 5.02 Å². The van der Waals surface area contributed by atoms with Gasteiger partial charge in [0.25, 0.3) is 5.69 Å². The van der Waals surface area contributed by atoms with Crippen LogP contribution >= 0.6 is 11.6 Å². The number of halogens is 1. The number of benzene rings is 2. The van der Waals surface area contributed by atoms with E-state index in [2.05, 4.69) is 19.2 Å². The van der Waals surface area contributed by atoms with Gasteiger partial charge in [0.15, 0.2) is 0 Å². The van der Waals surface area contributed by atoms with Gasteiger partial charge in [-0.05, 0) is 17.5 Å². The van der Waals surface area contributed by atoms with Crippen LogP contribution in [0.15, 0.2) is 48.5 Å². The highest BCUT2D eigenvalue weighted by atomic mass is 35.5. The van der Waals surface area contributed by atoms with Gasteiger partial charge in [-0.15, -0.1) is 0 Å². The van der Waals surface area contributed by atoms with Crippen molar-refractivity contribution < 1.29 is 4.92 Å². The van der Waals surface area contributed by atoms with Crippen LogP contribution < -0.4 is 5.32 Å². The van der Waals surface area contributed by atoms with Crippen LogP contribution in [-0.4, -0.2) is 4.92 Å². The molecule has 0 aliphatic rings. The van der Waals surface area contributed by atoms with Gasteiger partial charge in [0, 0.05) is 12.1 Å². The molecule has 0 saturated carbocycles. The van der Waals surface area contributed by atoms with E-state index in [4.69, 9.17) is 11.6 Å². The summed E-state index contributed by atoms with van der Waals surface area (Å²) in [7, 11) is 0. The maximum Gasteiger partial charge on any atom is 0.271 e. The predicted octanol–water partition coefficient (Wildman–Crippen LogP) is 5.06. The van der Waals surface area contributed by atoms with Gasteiger partial charge in [0.2, 0.25) is 0 Å². The molecule has 0 aliphatic heterocycles. The number of hydrogen-bond acceptors (Lipinski definition) is 3. The number of nitrogens with one attached hydrogen (secondary N) is 1. The van der Waals surface area contributed by atoms with Crippen molar-refractivity contribution >= 4 is 23.0 Å². The molecule has 0 spiro atoms. The zero-order chi connectivity index (χ0) is 15.4. The monoisotopic (exact) mass is 304 g/mol. The first-order chi connectivity index (χ1) is 9.99. The normalized spacial score (nSPS) is 12.2. The van der Waals surface area contributed by atoms with Crippen molar-refractivity contribution in [3.63, 3.8) is 0 Å². The summed E-state index contributed by atoms with van der Waals surface area (Å²) in [5.74, 6) is 0.308. The Morgan fingerprint density at radius 3 is 2.38 bits per heavy atom. The third-order valence-corrected chi connectivity index (χ3v) is 3.63. The second kappa shape index (κ2) is 6.59. The van der Waals surface area contributed by atoms with Crippen LogP contribution in [0.25, 0.3) is 0 Å². The molecule has 2 aromatic carbocycles. The average Bonchev–Trinajstić information content (AvgIpc) is 2.46. The number of nitro benzene ring substituents is 1. The van der Waals surface area contributed by atoms with Crippen molar-refractivity contribution in [2.75, 3.05) is 5.32 Å². The fourth-order valence-corrected chi connectivity index (χ4v) is 2.37. The summed E-state index contributed by atoms with van der Waals surface area (Å²) < 4.78 is 0. The molecule has 110 valence electrons. The van der Waals surface area contributed by atoms with Crippen LogP contribution in [0.1, 0.15) is 25.5 Å². The fraction of sp³-hybridized carbons (Fsp3) is 0.250. The Bertz CT molecular complexity index is 629. The smallest absolute Gasteiger partial charge is 0.271 e. The Morgan fingerprint density at radius 1 is 1.14 bits per heavy atom. The third-order valence-electron chi connectivity index (χ3n) is 3.30. The molecule has 0 bridgehead atoms. The summed E-state index contributed by atoms with van der Waals surface area (Å²) >= 11 is 6.15. The molecule has 4 nitrogen and oxygen atoms in total. The Kier molecular flexibility index (Phi) is 4.81. The molecule has 21 heavy (non-hydrogen) atoms. The lowest BCUT2D eigenvalue weighted by Crippen LogP contribution is -2.17. The van der Waals surface area contributed by atoms with Gasteiger partial charge in [0.05, 0.1) is 21.7 Å². The Balaban J connectivity index is 2.33. The van der Waals surface area contributed by atoms with E-state index in [0.29, 0.717) is 16.6 Å². The van der Waals surface area contributed by atoms with Crippen molar-refractivity contribution in [1.82, 2.24) is 0 Å². The largest absolute Gasteiger partial charge is 0.377 e. The first kappa shape index (κ1) is 15.3. The summed E-state index contributed by atoms with van der Waals surface area (Å²) in [4.78, 5) is 10.5. The fourth-order valence-electron chi connectivity index (χ4n) is 2.20. The maximum atomic E-state index is 10.9. The average molecular weight is 305 g/mol. The zero-order valence-corrected chi connectivity index (χ0v) is 12.7. The molecule has 1 atom stereocenters. The Hall–Kier alpha value is -2.07. The molecule has 0 amide bonds. The van der Waals surface area contributed by atoms with E-state index in [9.17, 15) is 10.1 Å². The van der Waals surface area contributed by atoms with E-state index in [-0.39, 0.29) is 11.7 Å². The Labute approximate surface area is 128 Å². The minimum atomic E-state index is -0.422. The molecule has 0 radical (unpaired) electrons. The molecule has 1 unspecified atom stereocenters. The summed E-state index contributed by atoms with van der Waals surface area (Å²) in [5.41, 5.74) is 1.72. The van der Waals surface area contributed by atoms with Gasteiger partial charge in [-0.2, -0.15) is 0 Å².